The fourth-order valence-electron chi connectivity index (χ4n) is 2.26. The lowest BCUT2D eigenvalue weighted by atomic mass is 9.94. The van der Waals surface area contributed by atoms with Crippen LogP contribution in [0.5, 0.6) is 0 Å². The van der Waals surface area contributed by atoms with E-state index in [1.54, 1.807) is 11.4 Å². The van der Waals surface area contributed by atoms with Crippen LogP contribution in [0.3, 0.4) is 0 Å². The summed E-state index contributed by atoms with van der Waals surface area (Å²) in [6, 6.07) is 0. The van der Waals surface area contributed by atoms with Crippen molar-refractivity contribution in [2.24, 2.45) is 11.3 Å². The van der Waals surface area contributed by atoms with Crippen LogP contribution >= 0.6 is 0 Å². The highest BCUT2D eigenvalue weighted by atomic mass is 32.2. The van der Waals surface area contributed by atoms with Crippen LogP contribution in [0.25, 0.3) is 0 Å². The van der Waals surface area contributed by atoms with Crippen molar-refractivity contribution < 1.29 is 8.42 Å². The third kappa shape index (κ3) is 6.72. The fraction of sp³-hybridized carbons (Fsp3) is 1.00. The van der Waals surface area contributed by atoms with Crippen molar-refractivity contribution in [3.8, 4) is 0 Å². The molecule has 0 aromatic carbocycles. The number of nitrogens with zero attached hydrogens (tertiary/aromatic N) is 1. The van der Waals surface area contributed by atoms with E-state index in [2.05, 4.69) is 26.1 Å². The van der Waals surface area contributed by atoms with Gasteiger partial charge in [0.05, 0.1) is 5.75 Å². The van der Waals surface area contributed by atoms with Gasteiger partial charge >= 0.3 is 0 Å². The molecule has 1 aliphatic rings. The number of hydrogen-bond donors (Lipinski definition) is 1. The van der Waals surface area contributed by atoms with Gasteiger partial charge in [-0.1, -0.05) is 20.8 Å². The molecule has 1 rings (SSSR count). The zero-order chi connectivity index (χ0) is 14.5. The van der Waals surface area contributed by atoms with Crippen molar-refractivity contribution >= 4 is 10.0 Å². The molecule has 0 atom stereocenters. The second-order valence-corrected chi connectivity index (χ2v) is 9.13. The molecule has 1 heterocycles. The van der Waals surface area contributed by atoms with Gasteiger partial charge in [-0.25, -0.2) is 12.7 Å². The predicted molar refractivity (Wildman–Crippen MR) is 80.7 cm³/mol. The summed E-state index contributed by atoms with van der Waals surface area (Å²) in [5.74, 6) is 0.945. The maximum atomic E-state index is 12.2. The van der Waals surface area contributed by atoms with Gasteiger partial charge in [0.2, 0.25) is 10.0 Å². The second-order valence-electron chi connectivity index (χ2n) is 6.93. The first-order valence-corrected chi connectivity index (χ1v) is 8.96. The molecule has 114 valence electrons. The Labute approximate surface area is 119 Å². The van der Waals surface area contributed by atoms with Crippen molar-refractivity contribution in [2.75, 3.05) is 32.4 Å². The van der Waals surface area contributed by atoms with Crippen molar-refractivity contribution in [1.29, 1.82) is 0 Å². The number of piperidine rings is 1. The molecule has 0 amide bonds. The molecule has 1 fully saturated rings. The van der Waals surface area contributed by atoms with E-state index in [1.165, 1.54) is 12.8 Å². The van der Waals surface area contributed by atoms with Gasteiger partial charge in [0.1, 0.15) is 0 Å². The molecule has 0 radical (unpaired) electrons. The maximum Gasteiger partial charge on any atom is 0.213 e. The van der Waals surface area contributed by atoms with Crippen molar-refractivity contribution in [2.45, 2.75) is 46.5 Å². The first kappa shape index (κ1) is 16.9. The summed E-state index contributed by atoms with van der Waals surface area (Å²) in [6.45, 7) is 9.06. The molecule has 1 aliphatic heterocycles. The first-order chi connectivity index (χ1) is 8.71. The van der Waals surface area contributed by atoms with Gasteiger partial charge < -0.3 is 5.32 Å². The molecule has 1 saturated heterocycles. The van der Waals surface area contributed by atoms with Crippen LogP contribution in [0.15, 0.2) is 0 Å². The highest BCUT2D eigenvalue weighted by molar-refractivity contribution is 7.89. The van der Waals surface area contributed by atoms with E-state index in [0.29, 0.717) is 18.9 Å². The van der Waals surface area contributed by atoms with Gasteiger partial charge in [0.25, 0.3) is 0 Å². The maximum absolute atomic E-state index is 12.2. The van der Waals surface area contributed by atoms with Crippen molar-refractivity contribution in [3.05, 3.63) is 0 Å². The summed E-state index contributed by atoms with van der Waals surface area (Å²) in [7, 11) is -1.36. The van der Waals surface area contributed by atoms with Crippen LogP contribution in [0.2, 0.25) is 0 Å². The number of nitrogens with one attached hydrogen (secondary N) is 1. The summed E-state index contributed by atoms with van der Waals surface area (Å²) < 4.78 is 25.9. The molecule has 0 aromatic rings. The number of rotatable bonds is 6. The number of sulfonamides is 1. The lowest BCUT2D eigenvalue weighted by Gasteiger charge is -2.26. The Morgan fingerprint density at radius 1 is 1.21 bits per heavy atom. The van der Waals surface area contributed by atoms with Crippen LogP contribution in [-0.4, -0.2) is 45.2 Å². The van der Waals surface area contributed by atoms with Gasteiger partial charge in [-0.15, -0.1) is 0 Å². The zero-order valence-corrected chi connectivity index (χ0v) is 13.7. The van der Waals surface area contributed by atoms with E-state index < -0.39 is 10.0 Å². The predicted octanol–water partition coefficient (Wildman–Crippen LogP) is 2.07. The van der Waals surface area contributed by atoms with E-state index in [1.807, 2.05) is 0 Å². The lowest BCUT2D eigenvalue weighted by molar-refractivity contribution is 0.324. The Balaban J connectivity index is 2.36. The molecule has 0 bridgehead atoms. The van der Waals surface area contributed by atoms with Gasteiger partial charge in [-0.05, 0) is 50.1 Å². The highest BCUT2D eigenvalue weighted by Crippen LogP contribution is 2.21. The van der Waals surface area contributed by atoms with Crippen LogP contribution in [0.1, 0.15) is 46.5 Å². The SMILES string of the molecule is CN(CCC1CCNCC1)S(=O)(=O)CCC(C)(C)C. The van der Waals surface area contributed by atoms with E-state index in [0.717, 1.165) is 19.5 Å². The quantitative estimate of drug-likeness (QED) is 0.815. The average molecular weight is 290 g/mol. The van der Waals surface area contributed by atoms with Crippen LogP contribution in [-0.2, 0) is 10.0 Å². The minimum absolute atomic E-state index is 0.0724. The minimum Gasteiger partial charge on any atom is -0.317 e. The third-order valence-corrected chi connectivity index (χ3v) is 5.75. The van der Waals surface area contributed by atoms with Crippen molar-refractivity contribution in [3.63, 3.8) is 0 Å². The standard InChI is InChI=1S/C14H30N2O2S/c1-14(2,3)8-12-19(17,18)16(4)11-7-13-5-9-15-10-6-13/h13,15H,5-12H2,1-4H3. The summed E-state index contributed by atoms with van der Waals surface area (Å²) in [6.07, 6.45) is 4.06. The molecule has 1 N–H and O–H groups in total. The molecular weight excluding hydrogens is 260 g/mol. The monoisotopic (exact) mass is 290 g/mol. The van der Waals surface area contributed by atoms with E-state index >= 15 is 0 Å². The Hall–Kier alpha value is -0.130. The Morgan fingerprint density at radius 2 is 1.79 bits per heavy atom. The molecule has 0 spiro atoms. The Morgan fingerprint density at radius 3 is 2.32 bits per heavy atom. The third-order valence-electron chi connectivity index (χ3n) is 3.90. The molecular formula is C14H30N2O2S. The van der Waals surface area contributed by atoms with E-state index in [4.69, 9.17) is 0 Å². The summed E-state index contributed by atoms with van der Waals surface area (Å²) in [4.78, 5) is 0. The molecule has 5 heteroatoms. The van der Waals surface area contributed by atoms with Gasteiger partial charge in [0, 0.05) is 13.6 Å². The van der Waals surface area contributed by atoms with Gasteiger partial charge in [-0.2, -0.15) is 0 Å². The summed E-state index contributed by atoms with van der Waals surface area (Å²) in [5.41, 5.74) is 0.0724. The van der Waals surface area contributed by atoms with Gasteiger partial charge in [-0.3, -0.25) is 0 Å². The van der Waals surface area contributed by atoms with E-state index in [-0.39, 0.29) is 11.2 Å². The summed E-state index contributed by atoms with van der Waals surface area (Å²) in [5, 5.41) is 3.34. The second kappa shape index (κ2) is 7.04. The molecule has 0 aliphatic carbocycles. The molecule has 0 unspecified atom stereocenters. The number of hydrogen-bond acceptors (Lipinski definition) is 3. The van der Waals surface area contributed by atoms with E-state index in [9.17, 15) is 8.42 Å². The average Bonchev–Trinajstić information content (AvgIpc) is 2.34. The fourth-order valence-corrected chi connectivity index (χ4v) is 3.83. The molecule has 19 heavy (non-hydrogen) atoms. The Kier molecular flexibility index (Phi) is 6.27. The molecule has 0 saturated carbocycles. The minimum atomic E-state index is -3.08. The lowest BCUT2D eigenvalue weighted by Crippen LogP contribution is -2.34. The van der Waals surface area contributed by atoms with Crippen molar-refractivity contribution in [1.82, 2.24) is 9.62 Å². The van der Waals surface area contributed by atoms with Crippen LogP contribution in [0.4, 0.5) is 0 Å². The summed E-state index contributed by atoms with van der Waals surface area (Å²) >= 11 is 0. The van der Waals surface area contributed by atoms with Crippen LogP contribution in [0, 0.1) is 11.3 Å². The normalized spacial score (nSPS) is 19.0. The molecule has 4 nitrogen and oxygen atoms in total. The topological polar surface area (TPSA) is 49.4 Å². The first-order valence-electron chi connectivity index (χ1n) is 7.35. The highest BCUT2D eigenvalue weighted by Gasteiger charge is 2.22. The zero-order valence-electron chi connectivity index (χ0n) is 12.9. The Bertz CT molecular complexity index is 354. The molecule has 0 aromatic heterocycles. The van der Waals surface area contributed by atoms with Crippen LogP contribution < -0.4 is 5.32 Å². The smallest absolute Gasteiger partial charge is 0.213 e. The largest absolute Gasteiger partial charge is 0.317 e. The van der Waals surface area contributed by atoms with Gasteiger partial charge in [0.15, 0.2) is 0 Å².